The summed E-state index contributed by atoms with van der Waals surface area (Å²) in [6, 6.07) is 11.6. The molecule has 0 aliphatic heterocycles. The van der Waals surface area contributed by atoms with Gasteiger partial charge in [-0.3, -0.25) is 4.98 Å². The van der Waals surface area contributed by atoms with Crippen molar-refractivity contribution in [2.45, 2.75) is 0 Å². The van der Waals surface area contributed by atoms with Crippen LogP contribution in [0.25, 0.3) is 10.9 Å². The molecule has 6 nitrogen and oxygen atoms in total. The van der Waals surface area contributed by atoms with Crippen LogP contribution in [-0.2, 0) is 0 Å². The standard InChI is InChI=1S/C15H15N5O/c21-9-8-17-14-5-7-18-15(20-14)19-12-3-4-13-11(10-12)2-1-6-16-13/h1-7,10,21H,8-9H2,(H2,17,18,19,20). The van der Waals surface area contributed by atoms with E-state index in [2.05, 4.69) is 25.6 Å². The Bertz CT molecular complexity index is 747. The molecule has 2 aromatic heterocycles. The lowest BCUT2D eigenvalue weighted by Gasteiger charge is -2.08. The monoisotopic (exact) mass is 281 g/mol. The summed E-state index contributed by atoms with van der Waals surface area (Å²) in [5.41, 5.74) is 1.84. The van der Waals surface area contributed by atoms with E-state index in [1.807, 2.05) is 30.3 Å². The summed E-state index contributed by atoms with van der Waals surface area (Å²) in [5.74, 6) is 1.17. The van der Waals surface area contributed by atoms with Crippen LogP contribution in [0.5, 0.6) is 0 Å². The van der Waals surface area contributed by atoms with E-state index in [0.717, 1.165) is 16.6 Å². The number of nitrogens with one attached hydrogen (secondary N) is 2. The van der Waals surface area contributed by atoms with Gasteiger partial charge in [0.2, 0.25) is 5.95 Å². The number of fused-ring (bicyclic) bond motifs is 1. The van der Waals surface area contributed by atoms with Crippen LogP contribution in [0.15, 0.2) is 48.8 Å². The highest BCUT2D eigenvalue weighted by atomic mass is 16.3. The van der Waals surface area contributed by atoms with Crippen molar-refractivity contribution in [3.63, 3.8) is 0 Å². The zero-order valence-corrected chi connectivity index (χ0v) is 11.3. The van der Waals surface area contributed by atoms with Gasteiger partial charge >= 0.3 is 0 Å². The third-order valence-electron chi connectivity index (χ3n) is 2.93. The third-order valence-corrected chi connectivity index (χ3v) is 2.93. The van der Waals surface area contributed by atoms with Crippen molar-refractivity contribution in [2.24, 2.45) is 0 Å². The van der Waals surface area contributed by atoms with Gasteiger partial charge in [0.1, 0.15) is 5.82 Å². The van der Waals surface area contributed by atoms with Crippen LogP contribution in [-0.4, -0.2) is 33.2 Å². The molecule has 0 atom stereocenters. The van der Waals surface area contributed by atoms with Gasteiger partial charge in [-0.2, -0.15) is 4.98 Å². The first kappa shape index (κ1) is 13.3. The number of aliphatic hydroxyl groups excluding tert-OH is 1. The van der Waals surface area contributed by atoms with E-state index >= 15 is 0 Å². The molecule has 6 heteroatoms. The summed E-state index contributed by atoms with van der Waals surface area (Å²) >= 11 is 0. The van der Waals surface area contributed by atoms with Crippen LogP contribution in [0, 0.1) is 0 Å². The van der Waals surface area contributed by atoms with Crippen molar-refractivity contribution in [3.8, 4) is 0 Å². The fourth-order valence-electron chi connectivity index (χ4n) is 1.98. The van der Waals surface area contributed by atoms with E-state index in [-0.39, 0.29) is 6.61 Å². The second-order valence-corrected chi connectivity index (χ2v) is 4.45. The zero-order chi connectivity index (χ0) is 14.5. The molecule has 0 spiro atoms. The molecule has 0 bridgehead atoms. The first-order valence-electron chi connectivity index (χ1n) is 6.65. The minimum absolute atomic E-state index is 0.0600. The number of anilines is 3. The lowest BCUT2D eigenvalue weighted by Crippen LogP contribution is -2.08. The highest BCUT2D eigenvalue weighted by molar-refractivity contribution is 5.82. The molecule has 3 N–H and O–H groups in total. The quantitative estimate of drug-likeness (QED) is 0.665. The Balaban J connectivity index is 1.81. The van der Waals surface area contributed by atoms with E-state index in [4.69, 9.17) is 5.11 Å². The molecule has 0 saturated heterocycles. The van der Waals surface area contributed by atoms with Gasteiger partial charge in [0.15, 0.2) is 0 Å². The molecule has 0 fully saturated rings. The Morgan fingerprint density at radius 2 is 2.00 bits per heavy atom. The number of aromatic nitrogens is 3. The van der Waals surface area contributed by atoms with Crippen LogP contribution in [0.2, 0.25) is 0 Å². The zero-order valence-electron chi connectivity index (χ0n) is 11.3. The Labute approximate surface area is 121 Å². The Kier molecular flexibility index (Phi) is 3.88. The summed E-state index contributed by atoms with van der Waals surface area (Å²) in [6.07, 6.45) is 3.44. The van der Waals surface area contributed by atoms with Crippen LogP contribution >= 0.6 is 0 Å². The molecule has 1 aromatic carbocycles. The number of aliphatic hydroxyl groups is 1. The van der Waals surface area contributed by atoms with E-state index in [9.17, 15) is 0 Å². The molecule has 0 amide bonds. The summed E-state index contributed by atoms with van der Waals surface area (Å²) < 4.78 is 0. The van der Waals surface area contributed by atoms with Gasteiger partial charge < -0.3 is 15.7 Å². The number of hydrogen-bond donors (Lipinski definition) is 3. The number of pyridine rings is 1. The van der Waals surface area contributed by atoms with Gasteiger partial charge in [-0.05, 0) is 30.3 Å². The van der Waals surface area contributed by atoms with Crippen molar-refractivity contribution in [3.05, 3.63) is 48.8 Å². The fraction of sp³-hybridized carbons (Fsp3) is 0.133. The molecule has 2 heterocycles. The molecule has 3 aromatic rings. The highest BCUT2D eigenvalue weighted by Crippen LogP contribution is 2.19. The molecular weight excluding hydrogens is 266 g/mol. The highest BCUT2D eigenvalue weighted by Gasteiger charge is 2.01. The van der Waals surface area contributed by atoms with E-state index in [1.54, 1.807) is 18.5 Å². The first-order valence-corrected chi connectivity index (χ1v) is 6.65. The largest absolute Gasteiger partial charge is 0.395 e. The molecular formula is C15H15N5O. The summed E-state index contributed by atoms with van der Waals surface area (Å²) in [4.78, 5) is 12.8. The van der Waals surface area contributed by atoms with Crippen molar-refractivity contribution < 1.29 is 5.11 Å². The Morgan fingerprint density at radius 3 is 2.90 bits per heavy atom. The van der Waals surface area contributed by atoms with E-state index < -0.39 is 0 Å². The number of hydrogen-bond acceptors (Lipinski definition) is 6. The maximum atomic E-state index is 8.81. The van der Waals surface area contributed by atoms with Crippen molar-refractivity contribution in [1.29, 1.82) is 0 Å². The molecule has 0 aliphatic carbocycles. The van der Waals surface area contributed by atoms with Gasteiger partial charge in [-0.25, -0.2) is 4.98 Å². The van der Waals surface area contributed by atoms with E-state index in [0.29, 0.717) is 18.3 Å². The average Bonchev–Trinajstić information content (AvgIpc) is 2.53. The van der Waals surface area contributed by atoms with Crippen LogP contribution in [0.1, 0.15) is 0 Å². The second kappa shape index (κ2) is 6.15. The van der Waals surface area contributed by atoms with E-state index in [1.165, 1.54) is 0 Å². The van der Waals surface area contributed by atoms with Crippen molar-refractivity contribution >= 4 is 28.4 Å². The molecule has 3 rings (SSSR count). The van der Waals surface area contributed by atoms with Gasteiger partial charge in [-0.1, -0.05) is 6.07 Å². The lowest BCUT2D eigenvalue weighted by atomic mass is 10.2. The number of rotatable bonds is 5. The molecule has 0 unspecified atom stereocenters. The molecule has 0 saturated carbocycles. The maximum Gasteiger partial charge on any atom is 0.229 e. The van der Waals surface area contributed by atoms with Gasteiger partial charge in [0.25, 0.3) is 0 Å². The Morgan fingerprint density at radius 1 is 1.05 bits per heavy atom. The van der Waals surface area contributed by atoms with Gasteiger partial charge in [0.05, 0.1) is 12.1 Å². The predicted octanol–water partition coefficient (Wildman–Crippen LogP) is 2.17. The maximum absolute atomic E-state index is 8.81. The van der Waals surface area contributed by atoms with Crippen LogP contribution in [0.4, 0.5) is 17.5 Å². The third kappa shape index (κ3) is 3.24. The number of nitrogens with zero attached hydrogens (tertiary/aromatic N) is 3. The van der Waals surface area contributed by atoms with Crippen molar-refractivity contribution in [2.75, 3.05) is 23.8 Å². The van der Waals surface area contributed by atoms with Crippen LogP contribution in [0.3, 0.4) is 0 Å². The van der Waals surface area contributed by atoms with Crippen LogP contribution < -0.4 is 10.6 Å². The summed E-state index contributed by atoms with van der Waals surface area (Å²) in [7, 11) is 0. The average molecular weight is 281 g/mol. The molecule has 106 valence electrons. The summed E-state index contributed by atoms with van der Waals surface area (Å²) in [6.45, 7) is 0.516. The Hall–Kier alpha value is -2.73. The van der Waals surface area contributed by atoms with Gasteiger partial charge in [-0.15, -0.1) is 0 Å². The fourth-order valence-corrected chi connectivity index (χ4v) is 1.98. The predicted molar refractivity (Wildman–Crippen MR) is 82.6 cm³/mol. The summed E-state index contributed by atoms with van der Waals surface area (Å²) in [5, 5.41) is 16.0. The lowest BCUT2D eigenvalue weighted by molar-refractivity contribution is 0.311. The molecule has 0 radical (unpaired) electrons. The van der Waals surface area contributed by atoms with Crippen molar-refractivity contribution in [1.82, 2.24) is 15.0 Å². The minimum Gasteiger partial charge on any atom is -0.395 e. The second-order valence-electron chi connectivity index (χ2n) is 4.45. The molecule has 0 aliphatic rings. The minimum atomic E-state index is 0.0600. The normalized spacial score (nSPS) is 10.5. The smallest absolute Gasteiger partial charge is 0.229 e. The molecule has 21 heavy (non-hydrogen) atoms. The topological polar surface area (TPSA) is 83.0 Å². The SMILES string of the molecule is OCCNc1ccnc(Nc2ccc3ncccc3c2)n1. The first-order chi connectivity index (χ1) is 10.3. The number of benzene rings is 1. The van der Waals surface area contributed by atoms with Gasteiger partial charge in [0, 0.05) is 30.0 Å².